The molecule has 1 aliphatic rings. The Morgan fingerprint density at radius 2 is 1.82 bits per heavy atom. The number of rotatable bonds is 7. The maximum atomic E-state index is 13.8. The van der Waals surface area contributed by atoms with E-state index in [1.165, 1.54) is 24.3 Å². The number of imide groups is 1. The number of aromatic nitrogens is 3. The molecule has 0 atom stereocenters. The molecule has 0 radical (unpaired) electrons. The highest BCUT2D eigenvalue weighted by Crippen LogP contribution is 2.32. The Kier molecular flexibility index (Phi) is 6.59. The summed E-state index contributed by atoms with van der Waals surface area (Å²) in [6.07, 6.45) is 1.31. The van der Waals surface area contributed by atoms with E-state index in [1.54, 1.807) is 30.3 Å². The molecule has 4 rings (SSSR count). The lowest BCUT2D eigenvalue weighted by molar-refractivity contribution is -0.124. The molecule has 0 spiro atoms. The number of nitrogens with one attached hydrogen (secondary N) is 1. The largest absolute Gasteiger partial charge is 0.354 e. The van der Waals surface area contributed by atoms with E-state index >= 15 is 0 Å². The Balaban J connectivity index is 1.29. The van der Waals surface area contributed by atoms with Gasteiger partial charge in [0.05, 0.1) is 16.8 Å². The van der Waals surface area contributed by atoms with E-state index < -0.39 is 17.0 Å². The van der Waals surface area contributed by atoms with Crippen molar-refractivity contribution in [3.63, 3.8) is 0 Å². The minimum atomic E-state index is -0.541. The second-order valence-corrected chi connectivity index (χ2v) is 8.08. The fourth-order valence-electron chi connectivity index (χ4n) is 3.20. The molecule has 1 aliphatic heterocycles. The van der Waals surface area contributed by atoms with Gasteiger partial charge >= 0.3 is 0 Å². The van der Waals surface area contributed by atoms with Crippen molar-refractivity contribution in [2.75, 3.05) is 13.1 Å². The summed E-state index contributed by atoms with van der Waals surface area (Å²) >= 11 is 0.720. The van der Waals surface area contributed by atoms with Crippen LogP contribution in [0.5, 0.6) is 0 Å². The molecule has 33 heavy (non-hydrogen) atoms. The molecule has 168 valence electrons. The van der Waals surface area contributed by atoms with Crippen LogP contribution in [0, 0.1) is 5.82 Å². The van der Waals surface area contributed by atoms with Gasteiger partial charge < -0.3 is 5.32 Å². The first kappa shape index (κ1) is 22.3. The second kappa shape index (κ2) is 9.74. The van der Waals surface area contributed by atoms with E-state index in [1.807, 2.05) is 0 Å². The van der Waals surface area contributed by atoms with Crippen molar-refractivity contribution in [1.29, 1.82) is 0 Å². The van der Waals surface area contributed by atoms with Gasteiger partial charge in [-0.2, -0.15) is 0 Å². The predicted molar refractivity (Wildman–Crippen MR) is 121 cm³/mol. The number of hydrogen-bond acceptors (Lipinski definition) is 7. The molecule has 0 aliphatic carbocycles. The molecule has 0 bridgehead atoms. The quantitative estimate of drug-likeness (QED) is 0.530. The highest BCUT2D eigenvalue weighted by molar-refractivity contribution is 8.18. The average Bonchev–Trinajstić information content (AvgIpc) is 3.07. The number of nitrogens with zero attached hydrogens (tertiary/aromatic N) is 4. The van der Waals surface area contributed by atoms with Crippen molar-refractivity contribution in [3.05, 3.63) is 75.2 Å². The van der Waals surface area contributed by atoms with E-state index in [0.29, 0.717) is 10.9 Å². The fourth-order valence-corrected chi connectivity index (χ4v) is 4.05. The summed E-state index contributed by atoms with van der Waals surface area (Å²) < 4.78 is 14.9. The van der Waals surface area contributed by atoms with Crippen molar-refractivity contribution in [3.8, 4) is 0 Å². The summed E-state index contributed by atoms with van der Waals surface area (Å²) in [5, 5.41) is 10.3. The Labute approximate surface area is 191 Å². The van der Waals surface area contributed by atoms with Gasteiger partial charge in [0.2, 0.25) is 5.91 Å². The first-order chi connectivity index (χ1) is 15.9. The smallest absolute Gasteiger partial charge is 0.293 e. The first-order valence-electron chi connectivity index (χ1n) is 10.0. The zero-order valence-corrected chi connectivity index (χ0v) is 18.0. The molecule has 1 fully saturated rings. The minimum absolute atomic E-state index is 0.0258. The number of benzene rings is 2. The molecule has 9 nitrogen and oxygen atoms in total. The van der Waals surface area contributed by atoms with Crippen molar-refractivity contribution in [1.82, 2.24) is 25.2 Å². The number of hydrogen-bond donors (Lipinski definition) is 1. The summed E-state index contributed by atoms with van der Waals surface area (Å²) in [6.45, 7) is 0.0539. The van der Waals surface area contributed by atoms with Crippen molar-refractivity contribution >= 4 is 45.8 Å². The number of halogens is 1. The van der Waals surface area contributed by atoms with Crippen LogP contribution in [0.2, 0.25) is 0 Å². The summed E-state index contributed by atoms with van der Waals surface area (Å²) in [6, 6.07) is 12.7. The van der Waals surface area contributed by atoms with Gasteiger partial charge in [-0.05, 0) is 36.0 Å². The third-order valence-electron chi connectivity index (χ3n) is 4.90. The van der Waals surface area contributed by atoms with Crippen molar-refractivity contribution in [2.24, 2.45) is 0 Å². The van der Waals surface area contributed by atoms with Gasteiger partial charge in [0.1, 0.15) is 11.3 Å². The van der Waals surface area contributed by atoms with Crippen LogP contribution in [0.3, 0.4) is 0 Å². The van der Waals surface area contributed by atoms with Crippen LogP contribution in [-0.2, 0) is 16.1 Å². The molecule has 0 saturated carbocycles. The fraction of sp³-hybridized carbons (Fsp3) is 0.182. The molecule has 0 unspecified atom stereocenters. The predicted octanol–water partition coefficient (Wildman–Crippen LogP) is 2.17. The van der Waals surface area contributed by atoms with E-state index in [2.05, 4.69) is 15.6 Å². The maximum absolute atomic E-state index is 13.8. The second-order valence-electron chi connectivity index (χ2n) is 7.09. The molecule has 1 N–H and O–H groups in total. The van der Waals surface area contributed by atoms with E-state index in [4.69, 9.17) is 0 Å². The Morgan fingerprint density at radius 3 is 2.64 bits per heavy atom. The summed E-state index contributed by atoms with van der Waals surface area (Å²) in [7, 11) is 0. The monoisotopic (exact) mass is 467 g/mol. The van der Waals surface area contributed by atoms with E-state index in [9.17, 15) is 23.6 Å². The zero-order valence-electron chi connectivity index (χ0n) is 17.2. The number of thioether (sulfide) groups is 1. The molecule has 2 aromatic carbocycles. The van der Waals surface area contributed by atoms with Crippen LogP contribution in [0.4, 0.5) is 9.18 Å². The highest BCUT2D eigenvalue weighted by atomic mass is 32.2. The lowest BCUT2D eigenvalue weighted by Crippen LogP contribution is -2.37. The Morgan fingerprint density at radius 1 is 1.06 bits per heavy atom. The van der Waals surface area contributed by atoms with Crippen LogP contribution in [-0.4, -0.2) is 50.0 Å². The lowest BCUT2D eigenvalue weighted by Gasteiger charge is -2.13. The molecule has 3 amide bonds. The standard InChI is InChI=1S/C22H18FN5O4S/c23-16-7-3-1-5-14(16)13-18-21(31)27(22(32)33-18)12-10-24-19(29)9-11-28-20(30)15-6-2-4-8-17(15)25-26-28/h1-8,13H,9-12H2,(H,24,29)/b18-13-. The molecule has 1 saturated heterocycles. The van der Waals surface area contributed by atoms with Gasteiger partial charge in [-0.25, -0.2) is 9.07 Å². The first-order valence-corrected chi connectivity index (χ1v) is 10.8. The number of carbonyl (C=O) groups is 3. The van der Waals surface area contributed by atoms with Gasteiger partial charge in [0, 0.05) is 25.1 Å². The minimum Gasteiger partial charge on any atom is -0.354 e. The summed E-state index contributed by atoms with van der Waals surface area (Å²) in [5.74, 6) is -1.40. The average molecular weight is 467 g/mol. The van der Waals surface area contributed by atoms with E-state index in [-0.39, 0.29) is 48.0 Å². The van der Waals surface area contributed by atoms with Crippen LogP contribution in [0.25, 0.3) is 17.0 Å². The van der Waals surface area contributed by atoms with Crippen LogP contribution in [0.15, 0.2) is 58.2 Å². The Bertz CT molecular complexity index is 1340. The Hall–Kier alpha value is -3.86. The van der Waals surface area contributed by atoms with Crippen molar-refractivity contribution < 1.29 is 18.8 Å². The number of fused-ring (bicyclic) bond motifs is 1. The highest BCUT2D eigenvalue weighted by Gasteiger charge is 2.34. The van der Waals surface area contributed by atoms with Crippen LogP contribution >= 0.6 is 11.8 Å². The van der Waals surface area contributed by atoms with Crippen LogP contribution < -0.4 is 10.9 Å². The molecule has 2 heterocycles. The topological polar surface area (TPSA) is 114 Å². The molecular weight excluding hydrogens is 449 g/mol. The normalized spacial score (nSPS) is 14.9. The SMILES string of the molecule is O=C(CCn1nnc2ccccc2c1=O)NCCN1C(=O)S/C(=C\c2ccccc2F)C1=O. The maximum Gasteiger partial charge on any atom is 0.293 e. The third-order valence-corrected chi connectivity index (χ3v) is 5.81. The third kappa shape index (κ3) is 4.98. The molecule has 3 aromatic rings. The van der Waals surface area contributed by atoms with Gasteiger partial charge in [-0.15, -0.1) is 5.10 Å². The van der Waals surface area contributed by atoms with Crippen molar-refractivity contribution in [2.45, 2.75) is 13.0 Å². The zero-order chi connectivity index (χ0) is 23.4. The lowest BCUT2D eigenvalue weighted by atomic mass is 10.2. The van der Waals surface area contributed by atoms with Gasteiger partial charge in [-0.1, -0.05) is 35.5 Å². The number of aryl methyl sites for hydroxylation is 1. The van der Waals surface area contributed by atoms with Crippen LogP contribution in [0.1, 0.15) is 12.0 Å². The molecular formula is C22H18FN5O4S. The van der Waals surface area contributed by atoms with E-state index in [0.717, 1.165) is 21.3 Å². The van der Waals surface area contributed by atoms with Gasteiger partial charge in [0.15, 0.2) is 0 Å². The number of amides is 3. The number of carbonyl (C=O) groups excluding carboxylic acids is 3. The summed E-state index contributed by atoms with van der Waals surface area (Å²) in [4.78, 5) is 50.3. The molecule has 11 heteroatoms. The summed E-state index contributed by atoms with van der Waals surface area (Å²) in [5.41, 5.74) is 0.348. The van der Waals surface area contributed by atoms with Gasteiger partial charge in [-0.3, -0.25) is 24.1 Å². The molecule has 1 aromatic heterocycles. The van der Waals surface area contributed by atoms with Gasteiger partial charge in [0.25, 0.3) is 16.7 Å².